The molecule has 0 unspecified atom stereocenters. The maximum atomic E-state index is 11.2. The van der Waals surface area contributed by atoms with E-state index in [-0.39, 0.29) is 11.7 Å². The van der Waals surface area contributed by atoms with Crippen LogP contribution in [0.4, 0.5) is 0 Å². The second-order valence-corrected chi connectivity index (χ2v) is 3.97. The fourth-order valence-corrected chi connectivity index (χ4v) is 1.55. The summed E-state index contributed by atoms with van der Waals surface area (Å²) in [6, 6.07) is 0.503. The Morgan fingerprint density at radius 1 is 1.54 bits per heavy atom. The highest BCUT2D eigenvalue weighted by molar-refractivity contribution is 5.78. The number of hydrogen-bond acceptors (Lipinski definition) is 3. The van der Waals surface area contributed by atoms with Crippen molar-refractivity contribution in [2.75, 3.05) is 26.3 Å². The molecular formula is C10H19NO2. The number of ketones is 1. The van der Waals surface area contributed by atoms with Gasteiger partial charge in [0.1, 0.15) is 5.78 Å². The molecule has 0 saturated carbocycles. The van der Waals surface area contributed by atoms with Crippen LogP contribution in [0.1, 0.15) is 20.8 Å². The Labute approximate surface area is 80.1 Å². The van der Waals surface area contributed by atoms with E-state index in [4.69, 9.17) is 4.74 Å². The fourth-order valence-electron chi connectivity index (χ4n) is 1.55. The van der Waals surface area contributed by atoms with Gasteiger partial charge in [-0.15, -0.1) is 0 Å². The van der Waals surface area contributed by atoms with E-state index in [1.165, 1.54) is 0 Å². The first-order chi connectivity index (χ1) is 6.11. The highest BCUT2D eigenvalue weighted by Gasteiger charge is 2.23. The summed E-state index contributed by atoms with van der Waals surface area (Å²) in [7, 11) is 0. The van der Waals surface area contributed by atoms with Gasteiger partial charge in [-0.05, 0) is 20.8 Å². The van der Waals surface area contributed by atoms with Gasteiger partial charge in [-0.25, -0.2) is 0 Å². The SMILES string of the molecule is CC(=O)[C@H]1COCCN(C(C)C)C1. The molecule has 1 heterocycles. The van der Waals surface area contributed by atoms with Gasteiger partial charge in [-0.2, -0.15) is 0 Å². The van der Waals surface area contributed by atoms with Gasteiger partial charge < -0.3 is 4.74 Å². The van der Waals surface area contributed by atoms with Crippen molar-refractivity contribution in [2.24, 2.45) is 5.92 Å². The van der Waals surface area contributed by atoms with Crippen molar-refractivity contribution in [3.05, 3.63) is 0 Å². The molecule has 1 fully saturated rings. The van der Waals surface area contributed by atoms with E-state index in [1.807, 2.05) is 0 Å². The van der Waals surface area contributed by atoms with Crippen molar-refractivity contribution in [3.8, 4) is 0 Å². The van der Waals surface area contributed by atoms with Crippen molar-refractivity contribution in [1.29, 1.82) is 0 Å². The first-order valence-corrected chi connectivity index (χ1v) is 4.93. The first kappa shape index (κ1) is 10.7. The van der Waals surface area contributed by atoms with Crippen LogP contribution in [0, 0.1) is 5.92 Å². The van der Waals surface area contributed by atoms with E-state index in [0.717, 1.165) is 19.7 Å². The Kier molecular flexibility index (Phi) is 3.88. The molecule has 13 heavy (non-hydrogen) atoms. The summed E-state index contributed by atoms with van der Waals surface area (Å²) in [5, 5.41) is 0. The smallest absolute Gasteiger partial charge is 0.136 e. The largest absolute Gasteiger partial charge is 0.379 e. The van der Waals surface area contributed by atoms with Gasteiger partial charge in [-0.3, -0.25) is 9.69 Å². The highest BCUT2D eigenvalue weighted by Crippen LogP contribution is 2.10. The monoisotopic (exact) mass is 185 g/mol. The van der Waals surface area contributed by atoms with Gasteiger partial charge in [0, 0.05) is 19.1 Å². The lowest BCUT2D eigenvalue weighted by Crippen LogP contribution is -2.37. The molecule has 0 aromatic carbocycles. The van der Waals surface area contributed by atoms with Gasteiger partial charge >= 0.3 is 0 Å². The molecule has 0 aliphatic carbocycles. The first-order valence-electron chi connectivity index (χ1n) is 4.93. The predicted molar refractivity (Wildman–Crippen MR) is 51.7 cm³/mol. The third-order valence-corrected chi connectivity index (χ3v) is 2.60. The third-order valence-electron chi connectivity index (χ3n) is 2.60. The quantitative estimate of drug-likeness (QED) is 0.641. The molecular weight excluding hydrogens is 166 g/mol. The van der Waals surface area contributed by atoms with Crippen molar-refractivity contribution < 1.29 is 9.53 Å². The Morgan fingerprint density at radius 2 is 2.23 bits per heavy atom. The number of nitrogens with zero attached hydrogens (tertiary/aromatic N) is 1. The van der Waals surface area contributed by atoms with Gasteiger partial charge in [0.05, 0.1) is 19.1 Å². The zero-order chi connectivity index (χ0) is 9.84. The summed E-state index contributed by atoms with van der Waals surface area (Å²) in [6.07, 6.45) is 0. The molecule has 1 aliphatic heterocycles. The maximum absolute atomic E-state index is 11.2. The van der Waals surface area contributed by atoms with Crippen LogP contribution in [0.2, 0.25) is 0 Å². The van der Waals surface area contributed by atoms with Crippen LogP contribution in [0.5, 0.6) is 0 Å². The van der Waals surface area contributed by atoms with E-state index in [0.29, 0.717) is 12.6 Å². The molecule has 0 radical (unpaired) electrons. The Balaban J connectivity index is 2.54. The normalized spacial score (nSPS) is 26.0. The number of carbonyl (C=O) groups is 1. The predicted octanol–water partition coefficient (Wildman–Crippen LogP) is 0.932. The number of rotatable bonds is 2. The van der Waals surface area contributed by atoms with E-state index >= 15 is 0 Å². The molecule has 0 bridgehead atoms. The average molecular weight is 185 g/mol. The topological polar surface area (TPSA) is 29.5 Å². The zero-order valence-electron chi connectivity index (χ0n) is 8.75. The lowest BCUT2D eigenvalue weighted by atomic mass is 10.1. The second kappa shape index (κ2) is 4.72. The summed E-state index contributed by atoms with van der Waals surface area (Å²) in [5.41, 5.74) is 0. The zero-order valence-corrected chi connectivity index (χ0v) is 8.75. The molecule has 0 spiro atoms. The number of hydrogen-bond donors (Lipinski definition) is 0. The van der Waals surface area contributed by atoms with Crippen molar-refractivity contribution in [2.45, 2.75) is 26.8 Å². The molecule has 76 valence electrons. The van der Waals surface area contributed by atoms with E-state index in [2.05, 4.69) is 18.7 Å². The summed E-state index contributed by atoms with van der Waals surface area (Å²) >= 11 is 0. The molecule has 1 aliphatic rings. The molecule has 3 nitrogen and oxygen atoms in total. The average Bonchev–Trinajstić information content (AvgIpc) is 2.28. The molecule has 0 N–H and O–H groups in total. The Morgan fingerprint density at radius 3 is 2.77 bits per heavy atom. The van der Waals surface area contributed by atoms with Gasteiger partial charge in [0.25, 0.3) is 0 Å². The number of ether oxygens (including phenoxy) is 1. The van der Waals surface area contributed by atoms with E-state index in [9.17, 15) is 4.79 Å². The number of Topliss-reactive ketones (excluding diaryl/α,β-unsaturated/α-hetero) is 1. The van der Waals surface area contributed by atoms with Crippen LogP contribution in [-0.2, 0) is 9.53 Å². The summed E-state index contributed by atoms with van der Waals surface area (Å²) in [6.45, 7) is 9.11. The van der Waals surface area contributed by atoms with Crippen molar-refractivity contribution in [1.82, 2.24) is 4.90 Å². The molecule has 0 aromatic heterocycles. The summed E-state index contributed by atoms with van der Waals surface area (Å²) in [5.74, 6) is 0.317. The third kappa shape index (κ3) is 3.08. The Bertz CT molecular complexity index is 180. The molecule has 0 amide bonds. The fraction of sp³-hybridized carbons (Fsp3) is 0.900. The van der Waals surface area contributed by atoms with Crippen LogP contribution in [0.15, 0.2) is 0 Å². The minimum atomic E-state index is 0.0740. The van der Waals surface area contributed by atoms with Gasteiger partial charge in [-0.1, -0.05) is 0 Å². The molecule has 1 rings (SSSR count). The summed E-state index contributed by atoms with van der Waals surface area (Å²) < 4.78 is 5.39. The van der Waals surface area contributed by atoms with Crippen molar-refractivity contribution >= 4 is 5.78 Å². The minimum absolute atomic E-state index is 0.0740. The molecule has 1 atom stereocenters. The molecule has 0 aromatic rings. The minimum Gasteiger partial charge on any atom is -0.379 e. The maximum Gasteiger partial charge on any atom is 0.136 e. The van der Waals surface area contributed by atoms with Crippen LogP contribution >= 0.6 is 0 Å². The van der Waals surface area contributed by atoms with Gasteiger partial charge in [0.15, 0.2) is 0 Å². The molecule has 1 saturated heterocycles. The van der Waals surface area contributed by atoms with Crippen LogP contribution in [0.25, 0.3) is 0 Å². The lowest BCUT2D eigenvalue weighted by Gasteiger charge is -2.25. The standard InChI is InChI=1S/C10H19NO2/c1-8(2)11-4-5-13-7-10(6-11)9(3)12/h8,10H,4-7H2,1-3H3/t10-/m1/s1. The van der Waals surface area contributed by atoms with Gasteiger partial charge in [0.2, 0.25) is 0 Å². The second-order valence-electron chi connectivity index (χ2n) is 3.97. The van der Waals surface area contributed by atoms with E-state index < -0.39 is 0 Å². The molecule has 3 heteroatoms. The highest BCUT2D eigenvalue weighted by atomic mass is 16.5. The lowest BCUT2D eigenvalue weighted by molar-refractivity contribution is -0.122. The summed E-state index contributed by atoms with van der Waals surface area (Å²) in [4.78, 5) is 13.5. The number of carbonyl (C=O) groups excluding carboxylic acids is 1. The van der Waals surface area contributed by atoms with Crippen molar-refractivity contribution in [3.63, 3.8) is 0 Å². The van der Waals surface area contributed by atoms with Crippen LogP contribution < -0.4 is 0 Å². The van der Waals surface area contributed by atoms with Crippen LogP contribution in [-0.4, -0.2) is 43.0 Å². The Hall–Kier alpha value is -0.410. The van der Waals surface area contributed by atoms with E-state index in [1.54, 1.807) is 6.92 Å². The van der Waals surface area contributed by atoms with Crippen LogP contribution in [0.3, 0.4) is 0 Å².